The Bertz CT molecular complexity index is 2000. The van der Waals surface area contributed by atoms with Gasteiger partial charge in [-0.3, -0.25) is 53.0 Å². The number of phosphoric acid groups is 1. The average molecular weight is 923 g/mol. The van der Waals surface area contributed by atoms with Gasteiger partial charge in [0.1, 0.15) is 24.9 Å². The summed E-state index contributed by atoms with van der Waals surface area (Å²) in [4.78, 5) is 101. The minimum absolute atomic E-state index is 0.0480. The van der Waals surface area contributed by atoms with Gasteiger partial charge in [0.05, 0.1) is 19.7 Å². The fraction of sp³-hybridized carbons (Fsp3) is 0.537. The van der Waals surface area contributed by atoms with Crippen LogP contribution in [0.5, 0.6) is 5.75 Å². The van der Waals surface area contributed by atoms with Gasteiger partial charge in [0.15, 0.2) is 0 Å². The van der Waals surface area contributed by atoms with Crippen molar-refractivity contribution in [3.05, 3.63) is 52.1 Å². The van der Waals surface area contributed by atoms with Gasteiger partial charge in [-0.25, -0.2) is 14.2 Å². The lowest BCUT2D eigenvalue weighted by Crippen LogP contribution is -2.55. The second-order valence-electron chi connectivity index (χ2n) is 15.6. The molecule has 0 spiro atoms. The average Bonchev–Trinajstić information content (AvgIpc) is 3.17. The second-order valence-corrected chi connectivity index (χ2v) is 17.0. The fourth-order valence-corrected chi connectivity index (χ4v) is 8.39. The number of aryl methyl sites for hydroxylation is 5. The molecule has 22 nitrogen and oxygen atoms in total. The summed E-state index contributed by atoms with van der Waals surface area (Å²) in [6.07, 6.45) is -0.171. The number of carbonyl (C=O) groups excluding carboxylic acids is 2. The van der Waals surface area contributed by atoms with Gasteiger partial charge in [-0.05, 0) is 93.0 Å². The Morgan fingerprint density at radius 2 is 1.11 bits per heavy atom. The summed E-state index contributed by atoms with van der Waals surface area (Å²) in [5.74, 6) is -8.58. The summed E-state index contributed by atoms with van der Waals surface area (Å²) in [6, 6.07) is 4.38. The Morgan fingerprint density at radius 3 is 1.55 bits per heavy atom. The molecule has 3 rings (SSSR count). The van der Waals surface area contributed by atoms with Gasteiger partial charge >= 0.3 is 37.7 Å². The first-order valence-electron chi connectivity index (χ1n) is 20.4. The highest BCUT2D eigenvalue weighted by atomic mass is 31.2. The van der Waals surface area contributed by atoms with Crippen LogP contribution in [-0.2, 0) is 42.7 Å². The van der Waals surface area contributed by atoms with Crippen LogP contribution in [0.2, 0.25) is 0 Å². The first-order chi connectivity index (χ1) is 30.0. The first-order valence-corrected chi connectivity index (χ1v) is 21.9. The predicted molar refractivity (Wildman–Crippen MR) is 229 cm³/mol. The number of amides is 2. The molecule has 2 aromatic carbocycles. The molecule has 0 aromatic heterocycles. The molecule has 0 radical (unpaired) electrons. The van der Waals surface area contributed by atoms with E-state index in [-0.39, 0.29) is 77.6 Å². The molecule has 2 aromatic rings. The summed E-state index contributed by atoms with van der Waals surface area (Å²) >= 11 is 0. The van der Waals surface area contributed by atoms with Gasteiger partial charge in [0, 0.05) is 52.4 Å². The quantitative estimate of drug-likeness (QED) is 0.0487. The summed E-state index contributed by atoms with van der Waals surface area (Å²) in [5, 5.41) is 52.5. The zero-order valence-electron chi connectivity index (χ0n) is 36.6. The number of hydrogen-bond acceptors (Lipinski definition) is 14. The van der Waals surface area contributed by atoms with Gasteiger partial charge in [-0.1, -0.05) is 17.7 Å². The van der Waals surface area contributed by atoms with Crippen molar-refractivity contribution in [3.8, 4) is 16.9 Å². The van der Waals surface area contributed by atoms with Crippen molar-refractivity contribution in [1.29, 1.82) is 0 Å². The molecular formula is C41H59N6O16P. The van der Waals surface area contributed by atoms with Crippen LogP contribution in [0.4, 0.5) is 0 Å². The van der Waals surface area contributed by atoms with Crippen molar-refractivity contribution in [1.82, 2.24) is 30.2 Å². The van der Waals surface area contributed by atoms with Gasteiger partial charge in [0.25, 0.3) is 0 Å². The lowest BCUT2D eigenvalue weighted by molar-refractivity contribution is -0.157. The Balaban J connectivity index is 1.83. The molecule has 1 fully saturated rings. The summed E-state index contributed by atoms with van der Waals surface area (Å²) in [6.45, 7) is 6.02. The number of rotatable bonds is 21. The zero-order chi connectivity index (χ0) is 47.9. The first kappa shape index (κ1) is 52.9. The molecule has 1 aliphatic rings. The number of carboxylic acid groups (broad SMARTS) is 5. The van der Waals surface area contributed by atoms with E-state index in [9.17, 15) is 58.3 Å². The molecule has 8 N–H and O–H groups in total. The van der Waals surface area contributed by atoms with Gasteiger partial charge < -0.3 is 40.7 Å². The lowest BCUT2D eigenvalue weighted by atomic mass is 9.90. The number of carbonyl (C=O) groups is 7. The molecular weight excluding hydrogens is 863 g/mol. The Morgan fingerprint density at radius 1 is 0.641 bits per heavy atom. The summed E-state index contributed by atoms with van der Waals surface area (Å²) < 4.78 is 23.9. The molecule has 1 aliphatic heterocycles. The van der Waals surface area contributed by atoms with Crippen LogP contribution in [0.15, 0.2) is 24.3 Å². The number of carboxylic acids is 5. The highest BCUT2D eigenvalue weighted by Gasteiger charge is 2.35. The maximum Gasteiger partial charge on any atom is 0.527 e. The van der Waals surface area contributed by atoms with E-state index in [1.807, 2.05) is 33.8 Å². The number of benzene rings is 2. The van der Waals surface area contributed by atoms with Crippen LogP contribution in [-0.4, -0.2) is 189 Å². The maximum atomic E-state index is 13.2. The molecule has 1 heterocycles. The Kier molecular flexibility index (Phi) is 20.3. The van der Waals surface area contributed by atoms with Crippen molar-refractivity contribution >= 4 is 49.5 Å². The normalized spacial score (nSPS) is 16.4. The molecule has 1 saturated heterocycles. The molecule has 2 atom stereocenters. The maximum absolute atomic E-state index is 13.2. The number of aliphatic carboxylic acids is 5. The van der Waals surface area contributed by atoms with Gasteiger partial charge in [-0.15, -0.1) is 0 Å². The van der Waals surface area contributed by atoms with E-state index in [1.165, 1.54) is 14.7 Å². The molecule has 0 saturated carbocycles. The van der Waals surface area contributed by atoms with Crippen molar-refractivity contribution in [2.45, 2.75) is 59.5 Å². The van der Waals surface area contributed by atoms with Crippen LogP contribution in [0, 0.1) is 34.6 Å². The minimum Gasteiger partial charge on any atom is -0.480 e. The molecule has 2 amide bonds. The van der Waals surface area contributed by atoms with Crippen LogP contribution in [0.25, 0.3) is 11.1 Å². The Labute approximate surface area is 370 Å². The van der Waals surface area contributed by atoms with E-state index < -0.39 is 87.7 Å². The smallest absolute Gasteiger partial charge is 0.480 e. The van der Waals surface area contributed by atoms with E-state index >= 15 is 0 Å². The largest absolute Gasteiger partial charge is 0.527 e. The van der Waals surface area contributed by atoms with Crippen molar-refractivity contribution < 1.29 is 77.6 Å². The van der Waals surface area contributed by atoms with E-state index in [4.69, 9.17) is 19.3 Å². The highest BCUT2D eigenvalue weighted by Crippen LogP contribution is 2.46. The second kappa shape index (κ2) is 24.5. The fourth-order valence-electron chi connectivity index (χ4n) is 7.53. The molecule has 0 bridgehead atoms. The van der Waals surface area contributed by atoms with Crippen molar-refractivity contribution in [2.75, 3.05) is 85.1 Å². The number of nitrogens with one attached hydrogen (secondary N) is 2. The van der Waals surface area contributed by atoms with Crippen LogP contribution in [0.1, 0.15) is 40.7 Å². The molecule has 23 heteroatoms. The third-order valence-electron chi connectivity index (χ3n) is 10.5. The third kappa shape index (κ3) is 16.9. The number of hydrogen-bond donors (Lipinski definition) is 8. The Hall–Kier alpha value is -5.48. The van der Waals surface area contributed by atoms with Crippen molar-refractivity contribution in [2.24, 2.45) is 0 Å². The van der Waals surface area contributed by atoms with Crippen LogP contribution in [0.3, 0.4) is 0 Å². The van der Waals surface area contributed by atoms with Gasteiger partial charge in [-0.2, -0.15) is 0 Å². The summed E-state index contributed by atoms with van der Waals surface area (Å²) in [7, 11) is -4.72. The molecule has 1 unspecified atom stereocenters. The molecule has 64 heavy (non-hydrogen) atoms. The minimum atomic E-state index is -4.72. The zero-order valence-corrected chi connectivity index (χ0v) is 37.5. The van der Waals surface area contributed by atoms with E-state index in [0.29, 0.717) is 5.56 Å². The predicted octanol–water partition coefficient (Wildman–Crippen LogP) is 0.786. The standard InChI is InChI=1S/C41H59N6O16P/c1-25-17-28(4)37(29(5)18-25)30-19-27(3)32(20-26(30)2)63-64(60,61)62-16-6-7-31(39(54)55)46-12-8-44(23-33(48)42-21-35(50)51)10-14-47(38(40(56)57)41(58)59)15-11-45(9-13-46)24-34(49)43-22-36(52)53/h17-20,31,38H,6-16,21-24H2,1-5H3,(H,42,48)(H,43,49)(H,50,51)(H,52,53)(H,54,55)(H,56,57)(H,58,59)(H,60,61)/t31-/m1/s1. The monoisotopic (exact) mass is 922 g/mol. The number of nitrogens with zero attached hydrogens (tertiary/aromatic N) is 4. The van der Waals surface area contributed by atoms with Crippen LogP contribution >= 0.6 is 7.82 Å². The topological polar surface area (TPSA) is 313 Å². The lowest BCUT2D eigenvalue weighted by Gasteiger charge is -2.36. The molecule has 354 valence electrons. The SMILES string of the molecule is Cc1cc(C)c(-c2cc(C)c(OP(=O)(O)OCCC[C@H](C(=O)O)N3CCN(CC(=O)NCC(=O)O)CCN(C(C(=O)O)C(=O)O)CCN(CC(=O)NCC(=O)O)CC3)cc2C)c(C)c1. The number of phosphoric ester groups is 1. The summed E-state index contributed by atoms with van der Waals surface area (Å²) in [5.41, 5.74) is 6.64. The van der Waals surface area contributed by atoms with E-state index in [0.717, 1.165) is 38.3 Å². The van der Waals surface area contributed by atoms with Crippen LogP contribution < -0.4 is 15.2 Å². The highest BCUT2D eigenvalue weighted by molar-refractivity contribution is 7.47. The van der Waals surface area contributed by atoms with Gasteiger partial charge in [0.2, 0.25) is 17.9 Å². The van der Waals surface area contributed by atoms with Crippen molar-refractivity contribution in [3.63, 3.8) is 0 Å². The third-order valence-corrected chi connectivity index (χ3v) is 11.5. The van der Waals surface area contributed by atoms with E-state index in [2.05, 4.69) is 22.8 Å². The molecule has 0 aliphatic carbocycles. The van der Waals surface area contributed by atoms with E-state index in [1.54, 1.807) is 13.0 Å².